The molecule has 2 aliphatic heterocycles. The molecule has 0 aromatic carbocycles. The predicted molar refractivity (Wildman–Crippen MR) is 66.6 cm³/mol. The van der Waals surface area contributed by atoms with Gasteiger partial charge in [0.15, 0.2) is 5.03 Å². The Hall–Kier alpha value is -1.41. The van der Waals surface area contributed by atoms with E-state index in [2.05, 4.69) is 15.5 Å². The minimum atomic E-state index is -3.47. The number of nitrogens with zero attached hydrogens (tertiary/aromatic N) is 2. The highest BCUT2D eigenvalue weighted by molar-refractivity contribution is 7.89. The summed E-state index contributed by atoms with van der Waals surface area (Å²) in [7, 11) is -3.47. The van der Waals surface area contributed by atoms with E-state index in [0.717, 1.165) is 12.8 Å². The summed E-state index contributed by atoms with van der Waals surface area (Å²) in [6.07, 6.45) is 3.39. The van der Waals surface area contributed by atoms with Crippen molar-refractivity contribution >= 4 is 15.9 Å². The van der Waals surface area contributed by atoms with Crippen LogP contribution >= 0.6 is 0 Å². The minimum Gasteiger partial charge on any atom is -0.356 e. The normalized spacial score (nSPS) is 23.7. The molecule has 0 unspecified atom stereocenters. The van der Waals surface area contributed by atoms with Crippen molar-refractivity contribution < 1.29 is 13.2 Å². The molecular formula is C11H16N4O3S. The molecule has 104 valence electrons. The number of H-pyrrole nitrogens is 1. The first-order valence-electron chi connectivity index (χ1n) is 6.28. The molecule has 1 aromatic rings. The Balaban J connectivity index is 1.72. The van der Waals surface area contributed by atoms with E-state index in [0.29, 0.717) is 26.1 Å². The Morgan fingerprint density at radius 1 is 1.32 bits per heavy atom. The standard InChI is InChI=1S/C11H16N4O3S/c16-9-7-11(8-12-9)2-5-15(6-3-11)19(17,18)10-1-4-13-14-10/h1,4H,2-3,5-8H2,(H,12,16)(H,13,14). The number of carbonyl (C=O) groups excluding carboxylic acids is 1. The third-order valence-corrected chi connectivity index (χ3v) is 5.90. The van der Waals surface area contributed by atoms with Crippen LogP contribution < -0.4 is 5.32 Å². The third-order valence-electron chi connectivity index (χ3n) is 4.07. The van der Waals surface area contributed by atoms with Gasteiger partial charge in [0.25, 0.3) is 10.0 Å². The quantitative estimate of drug-likeness (QED) is 0.779. The van der Waals surface area contributed by atoms with Crippen LogP contribution in [0.5, 0.6) is 0 Å². The number of hydrogen-bond acceptors (Lipinski definition) is 4. The number of hydrogen-bond donors (Lipinski definition) is 2. The summed E-state index contributed by atoms with van der Waals surface area (Å²) in [5, 5.41) is 9.14. The van der Waals surface area contributed by atoms with Crippen molar-refractivity contribution in [3.8, 4) is 0 Å². The summed E-state index contributed by atoms with van der Waals surface area (Å²) >= 11 is 0. The molecule has 1 spiro atoms. The van der Waals surface area contributed by atoms with Crippen LogP contribution in [0.3, 0.4) is 0 Å². The zero-order valence-electron chi connectivity index (χ0n) is 10.4. The smallest absolute Gasteiger partial charge is 0.259 e. The van der Waals surface area contributed by atoms with Crippen molar-refractivity contribution in [2.45, 2.75) is 24.3 Å². The molecule has 0 radical (unpaired) electrons. The number of aromatic amines is 1. The Morgan fingerprint density at radius 3 is 2.58 bits per heavy atom. The van der Waals surface area contributed by atoms with Crippen LogP contribution in [0.2, 0.25) is 0 Å². The van der Waals surface area contributed by atoms with E-state index in [1.54, 1.807) is 0 Å². The van der Waals surface area contributed by atoms with Crippen LogP contribution in [-0.4, -0.2) is 48.5 Å². The summed E-state index contributed by atoms with van der Waals surface area (Å²) in [6, 6.07) is 1.46. The number of rotatable bonds is 2. The summed E-state index contributed by atoms with van der Waals surface area (Å²) in [4.78, 5) is 11.3. The summed E-state index contributed by atoms with van der Waals surface area (Å²) < 4.78 is 26.0. The van der Waals surface area contributed by atoms with E-state index in [1.165, 1.54) is 16.6 Å². The molecule has 8 heteroatoms. The maximum absolute atomic E-state index is 12.3. The van der Waals surface area contributed by atoms with Gasteiger partial charge in [-0.2, -0.15) is 9.40 Å². The van der Waals surface area contributed by atoms with E-state index < -0.39 is 10.0 Å². The first kappa shape index (κ1) is 12.6. The zero-order chi connectivity index (χ0) is 13.5. The van der Waals surface area contributed by atoms with E-state index in [-0.39, 0.29) is 16.3 Å². The van der Waals surface area contributed by atoms with Gasteiger partial charge in [-0.05, 0) is 24.3 Å². The monoisotopic (exact) mass is 284 g/mol. The van der Waals surface area contributed by atoms with Crippen LogP contribution in [0.15, 0.2) is 17.3 Å². The second-order valence-electron chi connectivity index (χ2n) is 5.28. The minimum absolute atomic E-state index is 0.0446. The topological polar surface area (TPSA) is 95.2 Å². The molecule has 7 nitrogen and oxygen atoms in total. The molecule has 2 fully saturated rings. The third kappa shape index (κ3) is 2.14. The Labute approximate surface area is 111 Å². The molecule has 0 bridgehead atoms. The molecular weight excluding hydrogens is 268 g/mol. The van der Waals surface area contributed by atoms with E-state index in [9.17, 15) is 13.2 Å². The molecule has 0 saturated carbocycles. The lowest BCUT2D eigenvalue weighted by atomic mass is 9.78. The zero-order valence-corrected chi connectivity index (χ0v) is 11.2. The molecule has 2 N–H and O–H groups in total. The highest BCUT2D eigenvalue weighted by Crippen LogP contribution is 2.38. The van der Waals surface area contributed by atoms with Crippen LogP contribution in [-0.2, 0) is 14.8 Å². The fraction of sp³-hybridized carbons (Fsp3) is 0.636. The molecule has 2 aliphatic rings. The van der Waals surface area contributed by atoms with E-state index >= 15 is 0 Å². The van der Waals surface area contributed by atoms with Gasteiger partial charge in [0, 0.05) is 26.1 Å². The molecule has 1 amide bonds. The molecule has 19 heavy (non-hydrogen) atoms. The summed E-state index contributed by atoms with van der Waals surface area (Å²) in [6.45, 7) is 1.58. The number of sulfonamides is 1. The van der Waals surface area contributed by atoms with Crippen molar-refractivity contribution in [1.29, 1.82) is 0 Å². The van der Waals surface area contributed by atoms with Gasteiger partial charge in [0.2, 0.25) is 5.91 Å². The average molecular weight is 284 g/mol. The number of carbonyl (C=O) groups is 1. The lowest BCUT2D eigenvalue weighted by Gasteiger charge is -2.37. The van der Waals surface area contributed by atoms with Gasteiger partial charge in [-0.15, -0.1) is 0 Å². The van der Waals surface area contributed by atoms with Crippen LogP contribution in [0.25, 0.3) is 0 Å². The van der Waals surface area contributed by atoms with Crippen molar-refractivity contribution in [2.24, 2.45) is 5.41 Å². The first-order chi connectivity index (χ1) is 9.02. The molecule has 0 atom stereocenters. The van der Waals surface area contributed by atoms with Gasteiger partial charge in [-0.25, -0.2) is 8.42 Å². The van der Waals surface area contributed by atoms with Crippen LogP contribution in [0.1, 0.15) is 19.3 Å². The van der Waals surface area contributed by atoms with Gasteiger partial charge in [-0.1, -0.05) is 0 Å². The average Bonchev–Trinajstić information content (AvgIpc) is 3.01. The van der Waals surface area contributed by atoms with E-state index in [4.69, 9.17) is 0 Å². The number of aromatic nitrogens is 2. The van der Waals surface area contributed by atoms with Gasteiger partial charge < -0.3 is 5.32 Å². The number of nitrogens with one attached hydrogen (secondary N) is 2. The highest BCUT2D eigenvalue weighted by atomic mass is 32.2. The lowest BCUT2D eigenvalue weighted by molar-refractivity contribution is -0.119. The van der Waals surface area contributed by atoms with Crippen molar-refractivity contribution in [2.75, 3.05) is 19.6 Å². The molecule has 0 aliphatic carbocycles. The first-order valence-corrected chi connectivity index (χ1v) is 7.72. The maximum Gasteiger partial charge on any atom is 0.259 e. The second kappa shape index (κ2) is 4.31. The molecule has 2 saturated heterocycles. The molecule has 3 heterocycles. The van der Waals surface area contributed by atoms with Gasteiger partial charge in [0.05, 0.1) is 6.20 Å². The van der Waals surface area contributed by atoms with Crippen molar-refractivity contribution in [3.63, 3.8) is 0 Å². The second-order valence-corrected chi connectivity index (χ2v) is 7.18. The largest absolute Gasteiger partial charge is 0.356 e. The lowest BCUT2D eigenvalue weighted by Crippen LogP contribution is -2.44. The Bertz CT molecular complexity index is 573. The van der Waals surface area contributed by atoms with Gasteiger partial charge in [-0.3, -0.25) is 9.89 Å². The summed E-state index contributed by atoms with van der Waals surface area (Å²) in [5.41, 5.74) is -0.0446. The van der Waals surface area contributed by atoms with Crippen molar-refractivity contribution in [3.05, 3.63) is 12.3 Å². The van der Waals surface area contributed by atoms with Crippen molar-refractivity contribution in [1.82, 2.24) is 19.8 Å². The predicted octanol–water partition coefficient (Wildman–Crippen LogP) is -0.299. The van der Waals surface area contributed by atoms with Gasteiger partial charge in [0.1, 0.15) is 0 Å². The fourth-order valence-electron chi connectivity index (χ4n) is 2.83. The summed E-state index contributed by atoms with van der Waals surface area (Å²) in [5.74, 6) is 0.0740. The molecule has 3 rings (SSSR count). The van der Waals surface area contributed by atoms with Crippen LogP contribution in [0, 0.1) is 5.41 Å². The molecule has 1 aromatic heterocycles. The van der Waals surface area contributed by atoms with Gasteiger partial charge >= 0.3 is 0 Å². The van der Waals surface area contributed by atoms with E-state index in [1.807, 2.05) is 0 Å². The Kier molecular flexibility index (Phi) is 2.86. The number of piperidine rings is 1. The fourth-order valence-corrected chi connectivity index (χ4v) is 4.17. The highest BCUT2D eigenvalue weighted by Gasteiger charge is 2.43. The van der Waals surface area contributed by atoms with Crippen LogP contribution in [0.4, 0.5) is 0 Å². The Morgan fingerprint density at radius 2 is 2.05 bits per heavy atom. The SMILES string of the molecule is O=C1CC2(CCN(S(=O)(=O)c3ccn[nH]3)CC2)CN1. The maximum atomic E-state index is 12.3. The number of amides is 1.